The molecular weight excluding hydrogens is 406 g/mol. The monoisotopic (exact) mass is 429 g/mol. The third-order valence-corrected chi connectivity index (χ3v) is 6.48. The van der Waals surface area contributed by atoms with E-state index in [1.807, 2.05) is 31.2 Å². The highest BCUT2D eigenvalue weighted by molar-refractivity contribution is 8.15. The molecule has 0 bridgehead atoms. The Kier molecular flexibility index (Phi) is 6.65. The van der Waals surface area contributed by atoms with Crippen LogP contribution in [0.3, 0.4) is 0 Å². The second kappa shape index (κ2) is 9.01. The van der Waals surface area contributed by atoms with E-state index in [0.29, 0.717) is 21.8 Å². The third kappa shape index (κ3) is 5.00. The van der Waals surface area contributed by atoms with Crippen LogP contribution in [0.1, 0.15) is 37.3 Å². The zero-order valence-electron chi connectivity index (χ0n) is 16.9. The molecule has 2 amide bonds. The maximum Gasteiger partial charge on any atom is 0.242 e. The van der Waals surface area contributed by atoms with E-state index >= 15 is 0 Å². The highest BCUT2D eigenvalue weighted by Crippen LogP contribution is 2.31. The van der Waals surface area contributed by atoms with Crippen molar-refractivity contribution in [3.63, 3.8) is 0 Å². The van der Waals surface area contributed by atoms with Crippen LogP contribution in [0.2, 0.25) is 5.02 Å². The Hall–Kier alpha value is -2.31. The molecule has 1 N–H and O–H groups in total. The molecule has 5 nitrogen and oxygen atoms in total. The number of hydrogen-bond donors (Lipinski definition) is 1. The summed E-state index contributed by atoms with van der Waals surface area (Å²) in [5, 5.41) is 3.55. The van der Waals surface area contributed by atoms with Crippen molar-refractivity contribution in [1.29, 1.82) is 0 Å². The quantitative estimate of drug-likeness (QED) is 0.695. The Bertz CT molecular complexity index is 957. The topological polar surface area (TPSA) is 61.8 Å². The van der Waals surface area contributed by atoms with Gasteiger partial charge in [-0.15, -0.1) is 0 Å². The van der Waals surface area contributed by atoms with E-state index in [0.717, 1.165) is 11.3 Å². The number of amidine groups is 1. The SMILES string of the molecule is Cc1c(Cl)cccc1NC(=O)C[C@H]1SC(=Nc2ccc(C(C)C)cc2)N(C)C1=O. The standard InChI is InChI=1S/C22H24ClN3O2S/c1-13(2)15-8-10-16(11-9-15)24-22-26(4)21(28)19(29-22)12-20(27)25-18-7-5-6-17(23)14(18)3/h5-11,13,19H,12H2,1-4H3,(H,25,27)/t19-/m1/s1. The van der Waals surface area contributed by atoms with E-state index in [1.54, 1.807) is 25.2 Å². The molecule has 2 aromatic rings. The lowest BCUT2D eigenvalue weighted by Crippen LogP contribution is -2.30. The van der Waals surface area contributed by atoms with Gasteiger partial charge in [-0.2, -0.15) is 0 Å². The summed E-state index contributed by atoms with van der Waals surface area (Å²) in [7, 11) is 1.69. The van der Waals surface area contributed by atoms with Crippen LogP contribution in [0.15, 0.2) is 47.5 Å². The Balaban J connectivity index is 1.68. The van der Waals surface area contributed by atoms with Crippen molar-refractivity contribution in [2.24, 2.45) is 4.99 Å². The lowest BCUT2D eigenvalue weighted by molar-refractivity contribution is -0.127. The molecule has 152 valence electrons. The van der Waals surface area contributed by atoms with Gasteiger partial charge >= 0.3 is 0 Å². The molecule has 1 heterocycles. The lowest BCUT2D eigenvalue weighted by atomic mass is 10.0. The average Bonchev–Trinajstić information content (AvgIpc) is 2.93. The van der Waals surface area contributed by atoms with E-state index in [2.05, 4.69) is 24.2 Å². The predicted octanol–water partition coefficient (Wildman–Crippen LogP) is 5.36. The van der Waals surface area contributed by atoms with Crippen molar-refractivity contribution in [2.75, 3.05) is 12.4 Å². The van der Waals surface area contributed by atoms with E-state index in [4.69, 9.17) is 11.6 Å². The van der Waals surface area contributed by atoms with Gasteiger partial charge in [0.2, 0.25) is 11.8 Å². The highest BCUT2D eigenvalue weighted by atomic mass is 35.5. The molecule has 2 aromatic carbocycles. The van der Waals surface area contributed by atoms with Crippen molar-refractivity contribution in [3.8, 4) is 0 Å². The van der Waals surface area contributed by atoms with Crippen LogP contribution in [-0.4, -0.2) is 34.2 Å². The largest absolute Gasteiger partial charge is 0.326 e. The van der Waals surface area contributed by atoms with Crippen LogP contribution in [0.5, 0.6) is 0 Å². The maximum absolute atomic E-state index is 12.6. The summed E-state index contributed by atoms with van der Waals surface area (Å²) >= 11 is 7.42. The molecule has 0 aromatic heterocycles. The van der Waals surface area contributed by atoms with Crippen LogP contribution in [0, 0.1) is 6.92 Å². The fourth-order valence-corrected chi connectivity index (χ4v) is 4.28. The van der Waals surface area contributed by atoms with Crippen molar-refractivity contribution in [3.05, 3.63) is 58.6 Å². The van der Waals surface area contributed by atoms with E-state index in [1.165, 1.54) is 22.2 Å². The molecule has 1 aliphatic heterocycles. The minimum Gasteiger partial charge on any atom is -0.326 e. The summed E-state index contributed by atoms with van der Waals surface area (Å²) in [4.78, 5) is 31.2. The van der Waals surface area contributed by atoms with Crippen LogP contribution >= 0.6 is 23.4 Å². The summed E-state index contributed by atoms with van der Waals surface area (Å²) in [6, 6.07) is 13.3. The number of rotatable bonds is 5. The van der Waals surface area contributed by atoms with Crippen molar-refractivity contribution in [1.82, 2.24) is 4.90 Å². The van der Waals surface area contributed by atoms with E-state index in [-0.39, 0.29) is 18.2 Å². The molecule has 1 fully saturated rings. The molecule has 7 heteroatoms. The van der Waals surface area contributed by atoms with E-state index in [9.17, 15) is 9.59 Å². The lowest BCUT2D eigenvalue weighted by Gasteiger charge is -2.11. The first-order chi connectivity index (χ1) is 13.8. The Labute approximate surface area is 180 Å². The molecule has 29 heavy (non-hydrogen) atoms. The second-order valence-corrected chi connectivity index (χ2v) is 8.89. The number of nitrogens with zero attached hydrogens (tertiary/aromatic N) is 2. The molecule has 3 rings (SSSR count). The molecule has 1 saturated heterocycles. The summed E-state index contributed by atoms with van der Waals surface area (Å²) in [6.07, 6.45) is 0.0745. The Morgan fingerprint density at radius 3 is 2.59 bits per heavy atom. The average molecular weight is 430 g/mol. The number of carbonyl (C=O) groups is 2. The zero-order chi connectivity index (χ0) is 21.1. The van der Waals surface area contributed by atoms with Gasteiger partial charge in [-0.25, -0.2) is 4.99 Å². The van der Waals surface area contributed by atoms with Crippen molar-refractivity contribution in [2.45, 2.75) is 38.4 Å². The number of carbonyl (C=O) groups excluding carboxylic acids is 2. The van der Waals surface area contributed by atoms with Gasteiger partial charge in [0.05, 0.1) is 5.69 Å². The fourth-order valence-electron chi connectivity index (χ4n) is 2.95. The molecule has 0 spiro atoms. The van der Waals surface area contributed by atoms with Gasteiger partial charge in [0, 0.05) is 24.2 Å². The van der Waals surface area contributed by atoms with Crippen LogP contribution in [0.4, 0.5) is 11.4 Å². The van der Waals surface area contributed by atoms with Crippen LogP contribution < -0.4 is 5.32 Å². The minimum atomic E-state index is -0.492. The third-order valence-electron chi connectivity index (χ3n) is 4.84. The first kappa shape index (κ1) is 21.4. The number of anilines is 1. The zero-order valence-corrected chi connectivity index (χ0v) is 18.5. The first-order valence-corrected chi connectivity index (χ1v) is 10.7. The number of benzene rings is 2. The molecule has 0 aliphatic carbocycles. The van der Waals surface area contributed by atoms with Crippen molar-refractivity contribution < 1.29 is 9.59 Å². The highest BCUT2D eigenvalue weighted by Gasteiger charge is 2.37. The van der Waals surface area contributed by atoms with Gasteiger partial charge in [0.25, 0.3) is 0 Å². The fraction of sp³-hybridized carbons (Fsp3) is 0.318. The van der Waals surface area contributed by atoms with Crippen molar-refractivity contribution >= 4 is 51.7 Å². The number of aliphatic imine (C=N–C) groups is 1. The number of nitrogens with one attached hydrogen (secondary N) is 1. The maximum atomic E-state index is 12.6. The number of thioether (sulfide) groups is 1. The summed E-state index contributed by atoms with van der Waals surface area (Å²) < 4.78 is 0. The summed E-state index contributed by atoms with van der Waals surface area (Å²) in [6.45, 7) is 6.12. The van der Waals surface area contributed by atoms with E-state index < -0.39 is 5.25 Å². The normalized spacial score (nSPS) is 18.0. The number of hydrogen-bond acceptors (Lipinski definition) is 4. The van der Waals surface area contributed by atoms with Gasteiger partial charge in [0.15, 0.2) is 5.17 Å². The number of amides is 2. The van der Waals surface area contributed by atoms with Gasteiger partial charge in [-0.1, -0.05) is 55.4 Å². The van der Waals surface area contributed by atoms with Crippen LogP contribution in [-0.2, 0) is 9.59 Å². The van der Waals surface area contributed by atoms with Gasteiger partial charge < -0.3 is 5.32 Å². The Morgan fingerprint density at radius 1 is 1.24 bits per heavy atom. The molecule has 1 atom stereocenters. The summed E-state index contributed by atoms with van der Waals surface area (Å²) in [5.74, 6) is 0.107. The Morgan fingerprint density at radius 2 is 1.93 bits per heavy atom. The first-order valence-electron chi connectivity index (χ1n) is 9.44. The number of halogens is 1. The van der Waals surface area contributed by atoms with Gasteiger partial charge in [0.1, 0.15) is 5.25 Å². The molecule has 0 unspecified atom stereocenters. The summed E-state index contributed by atoms with van der Waals surface area (Å²) in [5.41, 5.74) is 3.49. The van der Waals surface area contributed by atoms with Gasteiger partial charge in [-0.05, 0) is 48.2 Å². The van der Waals surface area contributed by atoms with Gasteiger partial charge in [-0.3, -0.25) is 14.5 Å². The smallest absolute Gasteiger partial charge is 0.242 e. The van der Waals surface area contributed by atoms with Crippen LogP contribution in [0.25, 0.3) is 0 Å². The second-order valence-electron chi connectivity index (χ2n) is 7.31. The molecular formula is C22H24ClN3O2S. The molecule has 1 aliphatic rings. The molecule has 0 radical (unpaired) electrons. The molecule has 0 saturated carbocycles. The minimum absolute atomic E-state index is 0.0745. The predicted molar refractivity (Wildman–Crippen MR) is 121 cm³/mol.